The van der Waals surface area contributed by atoms with Crippen LogP contribution in [-0.2, 0) is 13.1 Å². The number of piperidine rings is 1. The third-order valence-electron chi connectivity index (χ3n) is 5.50. The molecule has 0 radical (unpaired) electrons. The van der Waals surface area contributed by atoms with Crippen molar-refractivity contribution in [3.05, 3.63) is 77.4 Å². The van der Waals surface area contributed by atoms with Crippen LogP contribution in [0, 0.1) is 0 Å². The smallest absolute Gasteiger partial charge is 0.255 e. The second-order valence-electron chi connectivity index (χ2n) is 7.48. The Morgan fingerprint density at radius 1 is 0.964 bits per heavy atom. The van der Waals surface area contributed by atoms with Crippen LogP contribution in [0.15, 0.2) is 60.7 Å². The number of benzene rings is 3. The predicted molar refractivity (Wildman–Crippen MR) is 112 cm³/mol. The molecule has 2 N–H and O–H groups in total. The van der Waals surface area contributed by atoms with Gasteiger partial charge < -0.3 is 10.4 Å². The van der Waals surface area contributed by atoms with Gasteiger partial charge in [0, 0.05) is 18.7 Å². The Morgan fingerprint density at radius 2 is 1.68 bits per heavy atom. The quantitative estimate of drug-likeness (QED) is 0.693. The maximum Gasteiger partial charge on any atom is 0.255 e. The zero-order chi connectivity index (χ0) is 19.3. The molecule has 1 aliphatic heterocycles. The molecule has 3 aromatic carbocycles. The van der Waals surface area contributed by atoms with Crippen molar-refractivity contribution in [3.8, 4) is 5.75 Å². The largest absolute Gasteiger partial charge is 0.507 e. The zero-order valence-electron chi connectivity index (χ0n) is 16.0. The molecule has 0 atom stereocenters. The molecule has 1 amide bonds. The van der Waals surface area contributed by atoms with Gasteiger partial charge in [0.05, 0.1) is 5.56 Å². The van der Waals surface area contributed by atoms with Gasteiger partial charge in [-0.2, -0.15) is 0 Å². The fraction of sp³-hybridized carbons (Fsp3) is 0.292. The Morgan fingerprint density at radius 3 is 2.46 bits per heavy atom. The minimum Gasteiger partial charge on any atom is -0.507 e. The minimum absolute atomic E-state index is 0.106. The number of phenolic OH excluding ortho intramolecular Hbond substituents is 1. The van der Waals surface area contributed by atoms with Gasteiger partial charge in [-0.25, -0.2) is 0 Å². The topological polar surface area (TPSA) is 52.6 Å². The van der Waals surface area contributed by atoms with Crippen LogP contribution in [0.4, 0.5) is 0 Å². The molecule has 1 aliphatic rings. The lowest BCUT2D eigenvalue weighted by atomic mass is 9.97. The summed E-state index contributed by atoms with van der Waals surface area (Å²) in [6.45, 7) is 3.19. The summed E-state index contributed by atoms with van der Waals surface area (Å²) in [5.41, 5.74) is 2.23. The highest BCUT2D eigenvalue weighted by Gasteiger charge is 2.20. The molecule has 3 aromatic rings. The summed E-state index contributed by atoms with van der Waals surface area (Å²) in [5, 5.41) is 15.9. The first-order valence-electron chi connectivity index (χ1n) is 10.0. The van der Waals surface area contributed by atoms with Crippen LogP contribution in [0.5, 0.6) is 5.75 Å². The number of nitrogens with one attached hydrogen (secondary N) is 1. The average Bonchev–Trinajstić information content (AvgIpc) is 2.75. The highest BCUT2D eigenvalue weighted by molar-refractivity contribution is 6.03. The normalized spacial score (nSPS) is 14.9. The van der Waals surface area contributed by atoms with Gasteiger partial charge in [0.15, 0.2) is 0 Å². The van der Waals surface area contributed by atoms with Crippen LogP contribution in [-0.4, -0.2) is 29.0 Å². The molecule has 1 heterocycles. The molecule has 1 fully saturated rings. The molecule has 4 rings (SSSR count). The van der Waals surface area contributed by atoms with Gasteiger partial charge in [-0.3, -0.25) is 9.69 Å². The molecule has 0 saturated carbocycles. The van der Waals surface area contributed by atoms with Crippen LogP contribution < -0.4 is 5.32 Å². The highest BCUT2D eigenvalue weighted by Crippen LogP contribution is 2.33. The number of fused-ring (bicyclic) bond motifs is 1. The monoisotopic (exact) mass is 374 g/mol. The Balaban J connectivity index is 1.64. The molecule has 28 heavy (non-hydrogen) atoms. The predicted octanol–water partition coefficient (Wildman–Crippen LogP) is 4.46. The minimum atomic E-state index is -0.244. The molecule has 0 bridgehead atoms. The summed E-state index contributed by atoms with van der Waals surface area (Å²) >= 11 is 0. The molecular weight excluding hydrogens is 348 g/mol. The maximum atomic E-state index is 12.8. The Labute approximate surface area is 165 Å². The number of hydrogen-bond donors (Lipinski definition) is 2. The second kappa shape index (κ2) is 8.44. The number of likely N-dealkylation sites (tertiary alicyclic amines) is 1. The van der Waals surface area contributed by atoms with E-state index in [0.717, 1.165) is 35.0 Å². The van der Waals surface area contributed by atoms with E-state index in [1.165, 1.54) is 19.3 Å². The van der Waals surface area contributed by atoms with Gasteiger partial charge in [-0.05, 0) is 48.3 Å². The highest BCUT2D eigenvalue weighted by atomic mass is 16.3. The average molecular weight is 374 g/mol. The lowest BCUT2D eigenvalue weighted by Gasteiger charge is -2.27. The van der Waals surface area contributed by atoms with Crippen molar-refractivity contribution in [3.63, 3.8) is 0 Å². The molecule has 0 aromatic heterocycles. The Hall–Kier alpha value is -2.85. The number of carbonyl (C=O) groups excluding carboxylic acids is 1. The van der Waals surface area contributed by atoms with Gasteiger partial charge in [0.2, 0.25) is 0 Å². The third-order valence-corrected chi connectivity index (χ3v) is 5.50. The van der Waals surface area contributed by atoms with Crippen LogP contribution in [0.2, 0.25) is 0 Å². The van der Waals surface area contributed by atoms with Crippen LogP contribution >= 0.6 is 0 Å². The van der Waals surface area contributed by atoms with Crippen molar-refractivity contribution < 1.29 is 9.90 Å². The van der Waals surface area contributed by atoms with Crippen molar-refractivity contribution >= 4 is 16.7 Å². The van der Waals surface area contributed by atoms with E-state index in [2.05, 4.69) is 10.2 Å². The number of rotatable bonds is 5. The molecule has 144 valence electrons. The van der Waals surface area contributed by atoms with Crippen molar-refractivity contribution in [1.82, 2.24) is 10.2 Å². The molecule has 4 heteroatoms. The van der Waals surface area contributed by atoms with Gasteiger partial charge in [0.1, 0.15) is 5.75 Å². The standard InChI is InChI=1S/C24H26N2O2/c27-23-21(24(28)25-16-18-9-3-1-4-10-18)15-19-11-5-6-12-20(19)22(23)17-26-13-7-2-8-14-26/h1,3-6,9-12,15,27H,2,7-8,13-14,16-17H2,(H,25,28). The third kappa shape index (κ3) is 4.02. The van der Waals surface area contributed by atoms with Crippen LogP contribution in [0.1, 0.15) is 40.7 Å². The summed E-state index contributed by atoms with van der Waals surface area (Å²) in [6.07, 6.45) is 3.65. The fourth-order valence-corrected chi connectivity index (χ4v) is 3.96. The van der Waals surface area contributed by atoms with Crippen LogP contribution in [0.3, 0.4) is 0 Å². The van der Waals surface area contributed by atoms with Gasteiger partial charge >= 0.3 is 0 Å². The van der Waals surface area contributed by atoms with Crippen LogP contribution in [0.25, 0.3) is 10.8 Å². The molecule has 1 saturated heterocycles. The van der Waals surface area contributed by atoms with E-state index in [0.29, 0.717) is 18.7 Å². The second-order valence-corrected chi connectivity index (χ2v) is 7.48. The lowest BCUT2D eigenvalue weighted by molar-refractivity contribution is 0.0948. The lowest BCUT2D eigenvalue weighted by Crippen LogP contribution is -2.29. The first-order chi connectivity index (χ1) is 13.7. The van der Waals surface area contributed by atoms with Gasteiger partial charge in [-0.1, -0.05) is 61.0 Å². The number of phenols is 1. The van der Waals surface area contributed by atoms with E-state index in [1.807, 2.05) is 54.6 Å². The van der Waals surface area contributed by atoms with E-state index in [-0.39, 0.29) is 11.7 Å². The van der Waals surface area contributed by atoms with Crippen molar-refractivity contribution in [2.75, 3.05) is 13.1 Å². The number of hydrogen-bond acceptors (Lipinski definition) is 3. The summed E-state index contributed by atoms with van der Waals surface area (Å²) in [5.74, 6) is -0.137. The number of aromatic hydroxyl groups is 1. The first-order valence-corrected chi connectivity index (χ1v) is 10.0. The maximum absolute atomic E-state index is 12.8. The fourth-order valence-electron chi connectivity index (χ4n) is 3.96. The van der Waals surface area contributed by atoms with E-state index < -0.39 is 0 Å². The molecular formula is C24H26N2O2. The summed E-state index contributed by atoms with van der Waals surface area (Å²) < 4.78 is 0. The molecule has 0 unspecified atom stereocenters. The molecule has 4 nitrogen and oxygen atoms in total. The summed E-state index contributed by atoms with van der Waals surface area (Å²) in [4.78, 5) is 15.2. The SMILES string of the molecule is O=C(NCc1ccccc1)c1cc2ccccc2c(CN2CCCCC2)c1O. The van der Waals surface area contributed by atoms with E-state index in [4.69, 9.17) is 0 Å². The summed E-state index contributed by atoms with van der Waals surface area (Å²) in [6, 6.07) is 19.6. The van der Waals surface area contributed by atoms with Crippen molar-refractivity contribution in [1.29, 1.82) is 0 Å². The number of carbonyl (C=O) groups is 1. The molecule has 0 spiro atoms. The van der Waals surface area contributed by atoms with Gasteiger partial charge in [-0.15, -0.1) is 0 Å². The van der Waals surface area contributed by atoms with Gasteiger partial charge in [0.25, 0.3) is 5.91 Å². The Bertz CT molecular complexity index is 963. The van der Waals surface area contributed by atoms with Crippen molar-refractivity contribution in [2.45, 2.75) is 32.4 Å². The van der Waals surface area contributed by atoms with Crippen molar-refractivity contribution in [2.24, 2.45) is 0 Å². The molecule has 0 aliphatic carbocycles. The number of nitrogens with zero attached hydrogens (tertiary/aromatic N) is 1. The summed E-state index contributed by atoms with van der Waals surface area (Å²) in [7, 11) is 0. The Kier molecular flexibility index (Phi) is 5.58. The van der Waals surface area contributed by atoms with E-state index >= 15 is 0 Å². The number of amides is 1. The van der Waals surface area contributed by atoms with E-state index in [1.54, 1.807) is 6.07 Å². The van der Waals surface area contributed by atoms with E-state index in [9.17, 15) is 9.90 Å². The zero-order valence-corrected chi connectivity index (χ0v) is 16.0. The first kappa shape index (κ1) is 18.5.